The predicted molar refractivity (Wildman–Crippen MR) is 76.4 cm³/mol. The summed E-state index contributed by atoms with van der Waals surface area (Å²) >= 11 is 6.01. The minimum absolute atomic E-state index is 0.460. The van der Waals surface area contributed by atoms with E-state index < -0.39 is 0 Å². The van der Waals surface area contributed by atoms with E-state index in [0.29, 0.717) is 10.6 Å². The average Bonchev–Trinajstić information content (AvgIpc) is 2.81. The molecule has 0 aromatic carbocycles. The zero-order chi connectivity index (χ0) is 13.3. The van der Waals surface area contributed by atoms with E-state index in [2.05, 4.69) is 35.9 Å². The van der Waals surface area contributed by atoms with E-state index in [0.717, 1.165) is 30.0 Å². The third-order valence-electron chi connectivity index (χ3n) is 4.68. The molecule has 2 rings (SSSR count). The molecule has 0 bridgehead atoms. The van der Waals surface area contributed by atoms with Gasteiger partial charge in [-0.3, -0.25) is 0 Å². The number of rotatable bonds is 3. The van der Waals surface area contributed by atoms with Gasteiger partial charge in [0.25, 0.3) is 0 Å². The Bertz CT molecular complexity index is 441. The van der Waals surface area contributed by atoms with Gasteiger partial charge >= 0.3 is 0 Å². The van der Waals surface area contributed by atoms with Gasteiger partial charge in [0.2, 0.25) is 0 Å². The highest BCUT2D eigenvalue weighted by atomic mass is 35.5. The molecular formula is C14H22ClN3. The highest BCUT2D eigenvalue weighted by Crippen LogP contribution is 2.39. The van der Waals surface area contributed by atoms with Crippen molar-refractivity contribution in [1.82, 2.24) is 10.2 Å². The molecule has 0 saturated carbocycles. The summed E-state index contributed by atoms with van der Waals surface area (Å²) in [5.41, 5.74) is 2.67. The molecule has 0 N–H and O–H groups in total. The van der Waals surface area contributed by atoms with Crippen LogP contribution in [0.2, 0.25) is 5.15 Å². The second kappa shape index (κ2) is 5.04. The Morgan fingerprint density at radius 3 is 2.39 bits per heavy atom. The van der Waals surface area contributed by atoms with Gasteiger partial charge in [-0.05, 0) is 49.7 Å². The number of anilines is 1. The SMILES string of the molecule is CCC1(CC)CCN(c2nnc(Cl)c(C)c2C)C1. The summed E-state index contributed by atoms with van der Waals surface area (Å²) in [4.78, 5) is 2.37. The Hall–Kier alpha value is -0.830. The highest BCUT2D eigenvalue weighted by Gasteiger charge is 2.36. The van der Waals surface area contributed by atoms with Crippen molar-refractivity contribution in [3.63, 3.8) is 0 Å². The average molecular weight is 268 g/mol. The fraction of sp³-hybridized carbons (Fsp3) is 0.714. The molecule has 1 fully saturated rings. The lowest BCUT2D eigenvalue weighted by atomic mass is 9.82. The van der Waals surface area contributed by atoms with Crippen LogP contribution in [0.1, 0.15) is 44.2 Å². The molecule has 0 radical (unpaired) electrons. The van der Waals surface area contributed by atoms with Crippen LogP contribution in [0.25, 0.3) is 0 Å². The first-order chi connectivity index (χ1) is 8.53. The summed E-state index contributed by atoms with van der Waals surface area (Å²) < 4.78 is 0. The largest absolute Gasteiger partial charge is 0.354 e. The minimum Gasteiger partial charge on any atom is -0.354 e. The van der Waals surface area contributed by atoms with Crippen LogP contribution in [0.4, 0.5) is 5.82 Å². The monoisotopic (exact) mass is 267 g/mol. The normalized spacial score (nSPS) is 18.4. The third kappa shape index (κ3) is 2.20. The van der Waals surface area contributed by atoms with Crippen molar-refractivity contribution in [2.24, 2.45) is 5.41 Å². The topological polar surface area (TPSA) is 29.0 Å². The molecule has 0 aliphatic carbocycles. The molecule has 1 aliphatic heterocycles. The van der Waals surface area contributed by atoms with E-state index in [-0.39, 0.29) is 0 Å². The summed E-state index contributed by atoms with van der Waals surface area (Å²) in [5, 5.41) is 8.88. The molecule has 1 saturated heterocycles. The van der Waals surface area contributed by atoms with Gasteiger partial charge in [0.15, 0.2) is 11.0 Å². The number of hydrogen-bond donors (Lipinski definition) is 0. The first-order valence-electron chi connectivity index (χ1n) is 6.77. The Morgan fingerprint density at radius 1 is 1.17 bits per heavy atom. The molecule has 0 amide bonds. The van der Waals surface area contributed by atoms with Gasteiger partial charge in [-0.15, -0.1) is 10.2 Å². The van der Waals surface area contributed by atoms with Crippen LogP contribution >= 0.6 is 11.6 Å². The van der Waals surface area contributed by atoms with Gasteiger partial charge < -0.3 is 4.90 Å². The van der Waals surface area contributed by atoms with E-state index in [1.165, 1.54) is 19.3 Å². The number of aromatic nitrogens is 2. The van der Waals surface area contributed by atoms with Crippen molar-refractivity contribution in [3.05, 3.63) is 16.3 Å². The molecule has 0 atom stereocenters. The second-order valence-electron chi connectivity index (χ2n) is 5.44. The zero-order valence-electron chi connectivity index (χ0n) is 11.8. The van der Waals surface area contributed by atoms with Gasteiger partial charge in [0.05, 0.1) is 0 Å². The van der Waals surface area contributed by atoms with E-state index in [4.69, 9.17) is 11.6 Å². The molecule has 18 heavy (non-hydrogen) atoms. The number of halogens is 1. The molecule has 1 aromatic rings. The lowest BCUT2D eigenvalue weighted by Crippen LogP contribution is -2.27. The molecule has 1 aromatic heterocycles. The quantitative estimate of drug-likeness (QED) is 0.835. The Morgan fingerprint density at radius 2 is 1.83 bits per heavy atom. The lowest BCUT2D eigenvalue weighted by molar-refractivity contribution is 0.301. The zero-order valence-corrected chi connectivity index (χ0v) is 12.5. The van der Waals surface area contributed by atoms with Crippen LogP contribution < -0.4 is 4.90 Å². The number of hydrogen-bond acceptors (Lipinski definition) is 3. The fourth-order valence-electron chi connectivity index (χ4n) is 2.81. The van der Waals surface area contributed by atoms with Crippen molar-refractivity contribution in [1.29, 1.82) is 0 Å². The minimum atomic E-state index is 0.460. The fourth-order valence-corrected chi connectivity index (χ4v) is 2.99. The smallest absolute Gasteiger partial charge is 0.155 e. The molecule has 3 nitrogen and oxygen atoms in total. The summed E-state index contributed by atoms with van der Waals surface area (Å²) in [6.07, 6.45) is 3.72. The summed E-state index contributed by atoms with van der Waals surface area (Å²) in [5.74, 6) is 1.01. The van der Waals surface area contributed by atoms with E-state index in [1.54, 1.807) is 0 Å². The van der Waals surface area contributed by atoms with Crippen LogP contribution in [-0.4, -0.2) is 23.3 Å². The lowest BCUT2D eigenvalue weighted by Gasteiger charge is -2.27. The summed E-state index contributed by atoms with van der Waals surface area (Å²) in [6.45, 7) is 10.9. The van der Waals surface area contributed by atoms with Crippen molar-refractivity contribution < 1.29 is 0 Å². The van der Waals surface area contributed by atoms with Crippen molar-refractivity contribution >= 4 is 17.4 Å². The van der Waals surface area contributed by atoms with Crippen molar-refractivity contribution in [2.75, 3.05) is 18.0 Å². The van der Waals surface area contributed by atoms with Gasteiger partial charge in [-0.25, -0.2) is 0 Å². The highest BCUT2D eigenvalue weighted by molar-refractivity contribution is 6.30. The van der Waals surface area contributed by atoms with Crippen LogP contribution in [0.15, 0.2) is 0 Å². The third-order valence-corrected chi connectivity index (χ3v) is 5.04. The maximum absolute atomic E-state index is 6.01. The Balaban J connectivity index is 2.27. The summed E-state index contributed by atoms with van der Waals surface area (Å²) in [6, 6.07) is 0. The molecular weight excluding hydrogens is 246 g/mol. The van der Waals surface area contributed by atoms with Gasteiger partial charge in [0.1, 0.15) is 0 Å². The molecule has 100 valence electrons. The maximum Gasteiger partial charge on any atom is 0.155 e. The molecule has 0 spiro atoms. The van der Waals surface area contributed by atoms with Crippen LogP contribution in [-0.2, 0) is 0 Å². The van der Waals surface area contributed by atoms with Crippen LogP contribution in [0.5, 0.6) is 0 Å². The van der Waals surface area contributed by atoms with E-state index >= 15 is 0 Å². The molecule has 0 unspecified atom stereocenters. The van der Waals surface area contributed by atoms with Crippen molar-refractivity contribution in [3.8, 4) is 0 Å². The molecule has 4 heteroatoms. The van der Waals surface area contributed by atoms with E-state index in [9.17, 15) is 0 Å². The first kappa shape index (κ1) is 13.6. The Labute approximate surface area is 115 Å². The molecule has 1 aliphatic rings. The van der Waals surface area contributed by atoms with E-state index in [1.807, 2.05) is 6.92 Å². The molecule has 2 heterocycles. The summed E-state index contributed by atoms with van der Waals surface area (Å²) in [7, 11) is 0. The maximum atomic E-state index is 6.01. The second-order valence-corrected chi connectivity index (χ2v) is 5.80. The van der Waals surface area contributed by atoms with Gasteiger partial charge in [-0.2, -0.15) is 0 Å². The van der Waals surface area contributed by atoms with Crippen LogP contribution in [0, 0.1) is 19.3 Å². The Kier molecular flexibility index (Phi) is 3.81. The first-order valence-corrected chi connectivity index (χ1v) is 7.15. The number of nitrogens with zero attached hydrogens (tertiary/aromatic N) is 3. The predicted octanol–water partition coefficient (Wildman–Crippen LogP) is 3.76. The standard InChI is InChI=1S/C14H22ClN3/c1-5-14(6-2)7-8-18(9-14)13-11(4)10(3)12(15)16-17-13/h5-9H2,1-4H3. The van der Waals surface area contributed by atoms with Gasteiger partial charge in [-0.1, -0.05) is 25.4 Å². The van der Waals surface area contributed by atoms with Crippen molar-refractivity contribution in [2.45, 2.75) is 47.0 Å². The van der Waals surface area contributed by atoms with Crippen LogP contribution in [0.3, 0.4) is 0 Å². The van der Waals surface area contributed by atoms with Gasteiger partial charge in [0, 0.05) is 13.1 Å².